The van der Waals surface area contributed by atoms with Crippen LogP contribution in [0.2, 0.25) is 5.02 Å². The normalized spacial score (nSPS) is 15.2. The maximum absolute atomic E-state index is 12.3. The van der Waals surface area contributed by atoms with Crippen molar-refractivity contribution < 1.29 is 4.79 Å². The number of nitrogens with zero attached hydrogens (tertiary/aromatic N) is 1. The van der Waals surface area contributed by atoms with Gasteiger partial charge in [-0.15, -0.1) is 0 Å². The molecule has 1 amide bonds. The monoisotopic (exact) mass is 330 g/mol. The summed E-state index contributed by atoms with van der Waals surface area (Å²) in [6.07, 6.45) is 2.12. The van der Waals surface area contributed by atoms with E-state index in [0.29, 0.717) is 11.6 Å². The maximum Gasteiger partial charge on any atom is 0.250 e. The molecule has 1 N–H and O–H groups in total. The van der Waals surface area contributed by atoms with Crippen LogP contribution in [0.1, 0.15) is 30.5 Å². The van der Waals surface area contributed by atoms with Crippen LogP contribution in [-0.4, -0.2) is 10.5 Å². The van der Waals surface area contributed by atoms with Gasteiger partial charge in [0.05, 0.1) is 5.54 Å². The van der Waals surface area contributed by atoms with Gasteiger partial charge in [-0.25, -0.2) is 0 Å². The minimum atomic E-state index is -0.279. The zero-order valence-electron chi connectivity index (χ0n) is 13.0. The Labute approximate surface area is 140 Å². The van der Waals surface area contributed by atoms with Crippen LogP contribution >= 0.6 is 11.6 Å². The van der Waals surface area contributed by atoms with E-state index in [9.17, 15) is 9.59 Å². The van der Waals surface area contributed by atoms with Crippen molar-refractivity contribution in [1.29, 1.82) is 0 Å². The maximum atomic E-state index is 12.3. The number of aryl methyl sites for hydroxylation is 1. The van der Waals surface area contributed by atoms with Crippen molar-refractivity contribution in [2.45, 2.75) is 38.3 Å². The quantitative estimate of drug-likeness (QED) is 0.916. The number of aromatic nitrogens is 1. The molecule has 1 aliphatic rings. The highest BCUT2D eigenvalue weighted by atomic mass is 35.5. The second kappa shape index (κ2) is 6.20. The van der Waals surface area contributed by atoms with Gasteiger partial charge < -0.3 is 9.88 Å². The summed E-state index contributed by atoms with van der Waals surface area (Å²) in [6, 6.07) is 12.7. The lowest BCUT2D eigenvalue weighted by atomic mass is 10.0. The Bertz CT molecular complexity index is 794. The zero-order chi connectivity index (χ0) is 16.4. The van der Waals surface area contributed by atoms with E-state index in [1.165, 1.54) is 6.07 Å². The predicted molar refractivity (Wildman–Crippen MR) is 90.6 cm³/mol. The number of pyridine rings is 1. The van der Waals surface area contributed by atoms with Crippen LogP contribution in [0.25, 0.3) is 0 Å². The van der Waals surface area contributed by atoms with E-state index in [1.54, 1.807) is 10.6 Å². The molecule has 0 spiro atoms. The molecule has 1 saturated carbocycles. The summed E-state index contributed by atoms with van der Waals surface area (Å²) in [5.41, 5.74) is 1.56. The Morgan fingerprint density at radius 2 is 2.00 bits per heavy atom. The minimum absolute atomic E-state index is 0.0439. The first kappa shape index (κ1) is 15.8. The van der Waals surface area contributed by atoms with Crippen molar-refractivity contribution in [3.05, 3.63) is 69.1 Å². The molecular weight excluding hydrogens is 312 g/mol. The van der Waals surface area contributed by atoms with E-state index >= 15 is 0 Å². The number of rotatable bonds is 5. The fourth-order valence-corrected chi connectivity index (χ4v) is 3.04. The van der Waals surface area contributed by atoms with E-state index in [4.69, 9.17) is 11.6 Å². The van der Waals surface area contributed by atoms with Crippen molar-refractivity contribution in [3.63, 3.8) is 0 Å². The van der Waals surface area contributed by atoms with Crippen LogP contribution in [0.4, 0.5) is 0 Å². The molecule has 3 rings (SSSR count). The third-order valence-corrected chi connectivity index (χ3v) is 4.57. The van der Waals surface area contributed by atoms with Crippen LogP contribution in [-0.2, 0) is 16.9 Å². The average Bonchev–Trinajstić information content (AvgIpc) is 3.27. The molecule has 1 aliphatic carbocycles. The molecule has 120 valence electrons. The van der Waals surface area contributed by atoms with Gasteiger partial charge >= 0.3 is 0 Å². The number of amides is 1. The lowest BCUT2D eigenvalue weighted by Crippen LogP contribution is -2.36. The molecule has 0 unspecified atom stereocenters. The standard InChI is InChI=1S/C18H19ClN2O2/c1-13-4-2-7-17(23)21(13)11-8-16(22)20-18(9-10-18)14-5-3-6-15(19)12-14/h2-7,12H,8-11H2,1H3,(H,20,22). The Kier molecular flexibility index (Phi) is 4.26. The van der Waals surface area contributed by atoms with Gasteiger partial charge in [-0.2, -0.15) is 0 Å². The Hall–Kier alpha value is -2.07. The number of nitrogens with one attached hydrogen (secondary N) is 1. The SMILES string of the molecule is Cc1cccc(=O)n1CCC(=O)NC1(c2cccc(Cl)c2)CC1. The van der Waals surface area contributed by atoms with Gasteiger partial charge in [0.1, 0.15) is 0 Å². The molecule has 0 radical (unpaired) electrons. The summed E-state index contributed by atoms with van der Waals surface area (Å²) in [4.78, 5) is 24.1. The molecule has 0 aliphatic heterocycles. The number of benzene rings is 1. The highest BCUT2D eigenvalue weighted by Gasteiger charge is 2.45. The smallest absolute Gasteiger partial charge is 0.250 e. The molecule has 0 atom stereocenters. The molecule has 1 aromatic carbocycles. The Morgan fingerprint density at radius 3 is 2.65 bits per heavy atom. The van der Waals surface area contributed by atoms with E-state index < -0.39 is 0 Å². The van der Waals surface area contributed by atoms with Gasteiger partial charge in [0.15, 0.2) is 0 Å². The number of hydrogen-bond acceptors (Lipinski definition) is 2. The van der Waals surface area contributed by atoms with Crippen molar-refractivity contribution in [2.75, 3.05) is 0 Å². The van der Waals surface area contributed by atoms with Gasteiger partial charge in [0.25, 0.3) is 5.56 Å². The van der Waals surface area contributed by atoms with Gasteiger partial charge in [-0.05, 0) is 43.5 Å². The van der Waals surface area contributed by atoms with Crippen molar-refractivity contribution in [3.8, 4) is 0 Å². The number of carbonyl (C=O) groups is 1. The summed E-state index contributed by atoms with van der Waals surface area (Å²) in [5, 5.41) is 3.78. The highest BCUT2D eigenvalue weighted by Crippen LogP contribution is 2.46. The fourth-order valence-electron chi connectivity index (χ4n) is 2.85. The summed E-state index contributed by atoms with van der Waals surface area (Å²) < 4.78 is 1.62. The van der Waals surface area contributed by atoms with Gasteiger partial charge in [0, 0.05) is 29.7 Å². The lowest BCUT2D eigenvalue weighted by Gasteiger charge is -2.19. The second-order valence-corrected chi connectivity index (χ2v) is 6.48. The average molecular weight is 331 g/mol. The number of hydrogen-bond donors (Lipinski definition) is 1. The van der Waals surface area contributed by atoms with Crippen LogP contribution in [0.3, 0.4) is 0 Å². The lowest BCUT2D eigenvalue weighted by molar-refractivity contribution is -0.122. The summed E-state index contributed by atoms with van der Waals surface area (Å²) >= 11 is 6.04. The fraction of sp³-hybridized carbons (Fsp3) is 0.333. The molecule has 4 nitrogen and oxygen atoms in total. The molecule has 5 heteroatoms. The second-order valence-electron chi connectivity index (χ2n) is 6.05. The number of halogens is 1. The van der Waals surface area contributed by atoms with E-state index in [1.807, 2.05) is 37.3 Å². The minimum Gasteiger partial charge on any atom is -0.347 e. The van der Waals surface area contributed by atoms with Gasteiger partial charge in [-0.1, -0.05) is 29.8 Å². The summed E-state index contributed by atoms with van der Waals surface area (Å²) in [7, 11) is 0. The Morgan fingerprint density at radius 1 is 1.26 bits per heavy atom. The molecule has 1 fully saturated rings. The van der Waals surface area contributed by atoms with Gasteiger partial charge in [0.2, 0.25) is 5.91 Å². The molecule has 1 aromatic heterocycles. The van der Waals surface area contributed by atoms with Crippen LogP contribution in [0, 0.1) is 6.92 Å². The van der Waals surface area contributed by atoms with Crippen LogP contribution < -0.4 is 10.9 Å². The summed E-state index contributed by atoms with van der Waals surface area (Å²) in [6.45, 7) is 2.26. The molecule has 0 saturated heterocycles. The predicted octanol–water partition coefficient (Wildman–Crippen LogP) is 3.01. The van der Waals surface area contributed by atoms with Crippen molar-refractivity contribution >= 4 is 17.5 Å². The zero-order valence-corrected chi connectivity index (χ0v) is 13.8. The highest BCUT2D eigenvalue weighted by molar-refractivity contribution is 6.30. The molecule has 0 bridgehead atoms. The number of carbonyl (C=O) groups excluding carboxylic acids is 1. The molecule has 2 aromatic rings. The van der Waals surface area contributed by atoms with E-state index in [2.05, 4.69) is 5.32 Å². The molecular formula is C18H19ClN2O2. The first-order valence-electron chi connectivity index (χ1n) is 7.74. The van der Waals surface area contributed by atoms with Crippen LogP contribution in [0.5, 0.6) is 0 Å². The first-order chi connectivity index (χ1) is 11.0. The third-order valence-electron chi connectivity index (χ3n) is 4.34. The topological polar surface area (TPSA) is 51.1 Å². The van der Waals surface area contributed by atoms with E-state index in [0.717, 1.165) is 24.1 Å². The van der Waals surface area contributed by atoms with Crippen LogP contribution in [0.15, 0.2) is 47.3 Å². The van der Waals surface area contributed by atoms with Crippen molar-refractivity contribution in [1.82, 2.24) is 9.88 Å². The third kappa shape index (κ3) is 3.48. The van der Waals surface area contributed by atoms with Gasteiger partial charge in [-0.3, -0.25) is 9.59 Å². The molecule has 23 heavy (non-hydrogen) atoms. The molecule has 1 heterocycles. The Balaban J connectivity index is 1.65. The first-order valence-corrected chi connectivity index (χ1v) is 8.11. The van der Waals surface area contributed by atoms with Crippen molar-refractivity contribution in [2.24, 2.45) is 0 Å². The summed E-state index contributed by atoms with van der Waals surface area (Å²) in [5.74, 6) is -0.0439. The largest absolute Gasteiger partial charge is 0.347 e. The van der Waals surface area contributed by atoms with E-state index in [-0.39, 0.29) is 23.4 Å².